The van der Waals surface area contributed by atoms with Gasteiger partial charge in [0.25, 0.3) is 0 Å². The molecule has 3 heteroatoms. The van der Waals surface area contributed by atoms with Gasteiger partial charge in [-0.15, -0.1) is 0 Å². The summed E-state index contributed by atoms with van der Waals surface area (Å²) in [6, 6.07) is 3.33. The molecule has 0 atom stereocenters. The van der Waals surface area contributed by atoms with Crippen molar-refractivity contribution in [1.29, 1.82) is 0 Å². The van der Waals surface area contributed by atoms with Crippen LogP contribution in [0.25, 0.3) is 0 Å². The second-order valence-corrected chi connectivity index (χ2v) is 4.18. The third-order valence-electron chi connectivity index (χ3n) is 1.92. The van der Waals surface area contributed by atoms with Gasteiger partial charge < -0.3 is 5.11 Å². The lowest BCUT2D eigenvalue weighted by Gasteiger charge is -2.08. The quantitative estimate of drug-likeness (QED) is 0.850. The first-order valence-corrected chi connectivity index (χ1v) is 5.34. The molecule has 0 saturated heterocycles. The molecule has 0 bridgehead atoms. The largest absolute Gasteiger partial charge is 0.392 e. The Kier molecular flexibility index (Phi) is 4.12. The monoisotopic (exact) mass is 294 g/mol. The zero-order chi connectivity index (χ0) is 9.84. The highest BCUT2D eigenvalue weighted by molar-refractivity contribution is 14.1. The van der Waals surface area contributed by atoms with Crippen molar-refractivity contribution in [2.75, 3.05) is 0 Å². The summed E-state index contributed by atoms with van der Waals surface area (Å²) in [4.78, 5) is 0. The highest BCUT2D eigenvalue weighted by Crippen LogP contribution is 2.19. The van der Waals surface area contributed by atoms with E-state index in [-0.39, 0.29) is 12.4 Å². The van der Waals surface area contributed by atoms with Gasteiger partial charge >= 0.3 is 0 Å². The highest BCUT2D eigenvalue weighted by Gasteiger charge is 2.08. The summed E-state index contributed by atoms with van der Waals surface area (Å²) in [5.74, 6) is -0.196. The van der Waals surface area contributed by atoms with E-state index in [0.29, 0.717) is 17.5 Å². The molecule has 0 radical (unpaired) electrons. The topological polar surface area (TPSA) is 20.2 Å². The molecule has 1 aromatic carbocycles. The van der Waals surface area contributed by atoms with Gasteiger partial charge in [0.2, 0.25) is 0 Å². The van der Waals surface area contributed by atoms with Crippen LogP contribution in [0.1, 0.15) is 24.5 Å². The molecule has 13 heavy (non-hydrogen) atoms. The van der Waals surface area contributed by atoms with Gasteiger partial charge in [0.1, 0.15) is 5.82 Å². The molecule has 1 N–H and O–H groups in total. The summed E-state index contributed by atoms with van der Waals surface area (Å²) in [5, 5.41) is 9.02. The van der Waals surface area contributed by atoms with E-state index in [0.717, 1.165) is 9.99 Å². The molecule has 1 aromatic rings. The number of rotatable bonds is 3. The Hall–Kier alpha value is -0.160. The summed E-state index contributed by atoms with van der Waals surface area (Å²) in [7, 11) is 0. The fourth-order valence-corrected chi connectivity index (χ4v) is 1.98. The van der Waals surface area contributed by atoms with Crippen LogP contribution in [-0.4, -0.2) is 5.11 Å². The van der Waals surface area contributed by atoms with Crippen molar-refractivity contribution in [3.63, 3.8) is 0 Å². The normalized spacial score (nSPS) is 10.5. The Balaban J connectivity index is 3.13. The van der Waals surface area contributed by atoms with Crippen molar-refractivity contribution in [3.8, 4) is 0 Å². The molecule has 72 valence electrons. The van der Waals surface area contributed by atoms with Crippen molar-refractivity contribution in [1.82, 2.24) is 0 Å². The maximum absolute atomic E-state index is 13.4. The van der Waals surface area contributed by atoms with Crippen LogP contribution < -0.4 is 0 Å². The van der Waals surface area contributed by atoms with E-state index >= 15 is 0 Å². The van der Waals surface area contributed by atoms with Gasteiger partial charge in [-0.2, -0.15) is 0 Å². The number of halogens is 2. The van der Waals surface area contributed by atoms with Crippen LogP contribution in [0.3, 0.4) is 0 Å². The molecule has 0 aliphatic rings. The summed E-state index contributed by atoms with van der Waals surface area (Å²) >= 11 is 2.05. The van der Waals surface area contributed by atoms with Gasteiger partial charge in [-0.3, -0.25) is 0 Å². The Morgan fingerprint density at radius 3 is 2.69 bits per heavy atom. The van der Waals surface area contributed by atoms with Crippen LogP contribution in [0.15, 0.2) is 12.1 Å². The molecule has 0 fully saturated rings. The molecule has 0 amide bonds. The van der Waals surface area contributed by atoms with Crippen molar-refractivity contribution in [3.05, 3.63) is 32.6 Å². The average molecular weight is 294 g/mol. The maximum Gasteiger partial charge on any atom is 0.127 e. The zero-order valence-electron chi connectivity index (χ0n) is 7.48. The molecule has 1 nitrogen and oxygen atoms in total. The highest BCUT2D eigenvalue weighted by atomic mass is 127. The van der Waals surface area contributed by atoms with E-state index in [1.807, 2.05) is 35.6 Å². The Morgan fingerprint density at radius 2 is 2.15 bits per heavy atom. The number of hydrogen-bond acceptors (Lipinski definition) is 1. The third-order valence-corrected chi connectivity index (χ3v) is 2.55. The van der Waals surface area contributed by atoms with E-state index in [2.05, 4.69) is 0 Å². The van der Waals surface area contributed by atoms with Crippen LogP contribution in [0, 0.1) is 9.39 Å². The van der Waals surface area contributed by atoms with Gasteiger partial charge in [-0.25, -0.2) is 4.39 Å². The number of hydrogen-bond donors (Lipinski definition) is 1. The summed E-state index contributed by atoms with van der Waals surface area (Å²) in [6.45, 7) is 1.92. The molecule has 0 spiro atoms. The first-order valence-electron chi connectivity index (χ1n) is 4.26. The Morgan fingerprint density at radius 1 is 1.46 bits per heavy atom. The van der Waals surface area contributed by atoms with Crippen molar-refractivity contribution < 1.29 is 9.50 Å². The first-order chi connectivity index (χ1) is 6.19. The van der Waals surface area contributed by atoms with Gasteiger partial charge in [-0.1, -0.05) is 13.3 Å². The minimum absolute atomic E-state index is 0.0803. The molecule has 0 unspecified atom stereocenters. The first kappa shape index (κ1) is 10.9. The van der Waals surface area contributed by atoms with E-state index in [1.54, 1.807) is 0 Å². The van der Waals surface area contributed by atoms with Gasteiger partial charge in [0.05, 0.1) is 6.61 Å². The minimum atomic E-state index is -0.196. The second-order valence-electron chi connectivity index (χ2n) is 2.93. The summed E-state index contributed by atoms with van der Waals surface area (Å²) < 4.78 is 14.2. The molecular weight excluding hydrogens is 282 g/mol. The molecule has 0 aliphatic heterocycles. The van der Waals surface area contributed by atoms with Crippen LogP contribution in [-0.2, 0) is 13.0 Å². The van der Waals surface area contributed by atoms with Crippen LogP contribution in [0.4, 0.5) is 4.39 Å². The third kappa shape index (κ3) is 2.64. The second kappa shape index (κ2) is 4.91. The fraction of sp³-hybridized carbons (Fsp3) is 0.400. The SMILES string of the molecule is CCCc1c(F)cc(I)cc1CO. The minimum Gasteiger partial charge on any atom is -0.392 e. The number of benzene rings is 1. The Bertz CT molecular complexity index is 299. The molecule has 0 saturated carbocycles. The Labute approximate surface area is 91.1 Å². The predicted molar refractivity (Wildman–Crippen MR) is 59.0 cm³/mol. The molecule has 0 aromatic heterocycles. The fourth-order valence-electron chi connectivity index (χ4n) is 1.33. The smallest absolute Gasteiger partial charge is 0.127 e. The van der Waals surface area contributed by atoms with Crippen LogP contribution in [0.2, 0.25) is 0 Å². The lowest BCUT2D eigenvalue weighted by molar-refractivity contribution is 0.279. The van der Waals surface area contributed by atoms with Crippen molar-refractivity contribution in [2.45, 2.75) is 26.4 Å². The van der Waals surface area contributed by atoms with Crippen LogP contribution >= 0.6 is 22.6 Å². The van der Waals surface area contributed by atoms with Gasteiger partial charge in [-0.05, 0) is 52.3 Å². The maximum atomic E-state index is 13.4. The van der Waals surface area contributed by atoms with E-state index in [9.17, 15) is 4.39 Å². The molecule has 1 rings (SSSR count). The van der Waals surface area contributed by atoms with Gasteiger partial charge in [0, 0.05) is 3.57 Å². The predicted octanol–water partition coefficient (Wildman–Crippen LogP) is 2.88. The zero-order valence-corrected chi connectivity index (χ0v) is 9.64. The molecular formula is C10H12FIO. The van der Waals surface area contributed by atoms with Gasteiger partial charge in [0.15, 0.2) is 0 Å². The van der Waals surface area contributed by atoms with Crippen molar-refractivity contribution >= 4 is 22.6 Å². The standard InChI is InChI=1S/C10H12FIO/c1-2-3-9-7(6-13)4-8(12)5-10(9)11/h4-5,13H,2-3,6H2,1H3. The van der Waals surface area contributed by atoms with E-state index in [4.69, 9.17) is 5.11 Å². The molecule has 0 heterocycles. The summed E-state index contributed by atoms with van der Waals surface area (Å²) in [5.41, 5.74) is 1.37. The molecule has 0 aliphatic carbocycles. The lowest BCUT2D eigenvalue weighted by Crippen LogP contribution is -1.99. The summed E-state index contributed by atoms with van der Waals surface area (Å²) in [6.07, 6.45) is 1.59. The lowest BCUT2D eigenvalue weighted by atomic mass is 10.0. The number of aliphatic hydroxyl groups is 1. The average Bonchev–Trinajstić information content (AvgIpc) is 2.09. The van der Waals surface area contributed by atoms with E-state index < -0.39 is 0 Å². The van der Waals surface area contributed by atoms with Crippen LogP contribution in [0.5, 0.6) is 0 Å². The number of aliphatic hydroxyl groups excluding tert-OH is 1. The van der Waals surface area contributed by atoms with Crippen molar-refractivity contribution in [2.24, 2.45) is 0 Å². The van der Waals surface area contributed by atoms with E-state index in [1.165, 1.54) is 6.07 Å².